The molecule has 0 aromatic carbocycles. The first-order valence-corrected chi connectivity index (χ1v) is 8.61. The molecule has 3 nitrogen and oxygen atoms in total. The Hall–Kier alpha value is -0.450. The molecular formula is C16H28N2OS. The summed E-state index contributed by atoms with van der Waals surface area (Å²) in [6.45, 7) is 8.63. The van der Waals surface area contributed by atoms with E-state index in [0.717, 1.165) is 37.0 Å². The van der Waals surface area contributed by atoms with Crippen molar-refractivity contribution in [3.05, 3.63) is 16.1 Å². The largest absolute Gasteiger partial charge is 0.393 e. The molecule has 1 heterocycles. The molecule has 114 valence electrons. The molecule has 0 radical (unpaired) electrons. The number of aliphatic hydroxyl groups is 1. The second-order valence-corrected chi connectivity index (χ2v) is 7.64. The molecule has 0 amide bonds. The zero-order valence-electron chi connectivity index (χ0n) is 13.2. The summed E-state index contributed by atoms with van der Waals surface area (Å²) in [4.78, 5) is 8.00. The lowest BCUT2D eigenvalue weighted by atomic mass is 9.74. The van der Waals surface area contributed by atoms with E-state index < -0.39 is 0 Å². The predicted molar refractivity (Wildman–Crippen MR) is 84.9 cm³/mol. The molecule has 0 bridgehead atoms. The van der Waals surface area contributed by atoms with Gasteiger partial charge >= 0.3 is 0 Å². The second kappa shape index (κ2) is 7.01. The predicted octanol–water partition coefficient (Wildman–Crippen LogP) is 3.32. The standard InChI is InChI=1S/C16H28N2OS/c1-11(2)13-5-6-15(19)14(7-13)8-18(4)9-16-12(3)17-10-20-16/h10-11,13-15,19H,5-9H2,1-4H3. The van der Waals surface area contributed by atoms with Crippen molar-refractivity contribution in [1.82, 2.24) is 9.88 Å². The average molecular weight is 296 g/mol. The van der Waals surface area contributed by atoms with Crippen molar-refractivity contribution in [2.45, 2.75) is 52.7 Å². The van der Waals surface area contributed by atoms with E-state index in [9.17, 15) is 5.11 Å². The summed E-state index contributed by atoms with van der Waals surface area (Å²) in [5.74, 6) is 1.94. The van der Waals surface area contributed by atoms with Crippen molar-refractivity contribution in [1.29, 1.82) is 0 Å². The quantitative estimate of drug-likeness (QED) is 0.905. The fourth-order valence-electron chi connectivity index (χ4n) is 3.27. The van der Waals surface area contributed by atoms with Crippen LogP contribution >= 0.6 is 11.3 Å². The molecule has 4 heteroatoms. The van der Waals surface area contributed by atoms with Crippen LogP contribution in [-0.4, -0.2) is 34.7 Å². The molecular weight excluding hydrogens is 268 g/mol. The summed E-state index contributed by atoms with van der Waals surface area (Å²) < 4.78 is 0. The summed E-state index contributed by atoms with van der Waals surface area (Å²) >= 11 is 1.73. The zero-order valence-corrected chi connectivity index (χ0v) is 14.0. The van der Waals surface area contributed by atoms with Gasteiger partial charge in [-0.3, -0.25) is 0 Å². The third-order valence-corrected chi connectivity index (χ3v) is 5.65. The van der Waals surface area contributed by atoms with Crippen LogP contribution < -0.4 is 0 Å². The van der Waals surface area contributed by atoms with Gasteiger partial charge in [0.2, 0.25) is 0 Å². The Bertz CT molecular complexity index is 418. The molecule has 20 heavy (non-hydrogen) atoms. The van der Waals surface area contributed by atoms with Crippen LogP contribution in [0, 0.1) is 24.7 Å². The molecule has 1 saturated carbocycles. The molecule has 1 aliphatic rings. The van der Waals surface area contributed by atoms with Gasteiger partial charge in [-0.2, -0.15) is 0 Å². The van der Waals surface area contributed by atoms with E-state index in [-0.39, 0.29) is 6.10 Å². The van der Waals surface area contributed by atoms with E-state index in [1.165, 1.54) is 17.7 Å². The van der Waals surface area contributed by atoms with Gasteiger partial charge in [-0.15, -0.1) is 11.3 Å². The summed E-state index contributed by atoms with van der Waals surface area (Å²) in [7, 11) is 2.16. The number of thiazole rings is 1. The third-order valence-electron chi connectivity index (χ3n) is 4.73. The molecule has 1 fully saturated rings. The highest BCUT2D eigenvalue weighted by Gasteiger charge is 2.31. The maximum absolute atomic E-state index is 10.3. The second-order valence-electron chi connectivity index (χ2n) is 6.70. The molecule has 1 aromatic heterocycles. The van der Waals surface area contributed by atoms with Crippen LogP contribution in [0.25, 0.3) is 0 Å². The maximum Gasteiger partial charge on any atom is 0.0798 e. The first-order valence-electron chi connectivity index (χ1n) is 7.73. The van der Waals surface area contributed by atoms with Crippen LogP contribution in [0.3, 0.4) is 0 Å². The van der Waals surface area contributed by atoms with E-state index in [2.05, 4.69) is 37.7 Å². The number of nitrogens with zero attached hydrogens (tertiary/aromatic N) is 2. The van der Waals surface area contributed by atoms with E-state index >= 15 is 0 Å². The number of hydrogen-bond acceptors (Lipinski definition) is 4. The van der Waals surface area contributed by atoms with E-state index in [1.807, 2.05) is 5.51 Å². The Morgan fingerprint density at radius 1 is 1.45 bits per heavy atom. The molecule has 3 unspecified atom stereocenters. The number of aliphatic hydroxyl groups excluding tert-OH is 1. The van der Waals surface area contributed by atoms with Gasteiger partial charge in [-0.25, -0.2) is 4.98 Å². The van der Waals surface area contributed by atoms with Crippen molar-refractivity contribution >= 4 is 11.3 Å². The molecule has 1 aliphatic carbocycles. The Morgan fingerprint density at radius 3 is 2.80 bits per heavy atom. The Labute approximate surface area is 127 Å². The van der Waals surface area contributed by atoms with Gasteiger partial charge in [0, 0.05) is 18.0 Å². The van der Waals surface area contributed by atoms with Crippen LogP contribution in [0.15, 0.2) is 5.51 Å². The van der Waals surface area contributed by atoms with E-state index in [1.54, 1.807) is 11.3 Å². The van der Waals surface area contributed by atoms with Gasteiger partial charge in [0.1, 0.15) is 0 Å². The lowest BCUT2D eigenvalue weighted by Gasteiger charge is -2.37. The van der Waals surface area contributed by atoms with E-state index in [0.29, 0.717) is 5.92 Å². The Balaban J connectivity index is 1.89. The lowest BCUT2D eigenvalue weighted by molar-refractivity contribution is 0.0215. The van der Waals surface area contributed by atoms with Gasteiger partial charge in [0.05, 0.1) is 17.3 Å². The smallest absolute Gasteiger partial charge is 0.0798 e. The molecule has 3 atom stereocenters. The van der Waals surface area contributed by atoms with Crippen molar-refractivity contribution < 1.29 is 5.11 Å². The molecule has 0 aliphatic heterocycles. The van der Waals surface area contributed by atoms with Crippen molar-refractivity contribution in [3.63, 3.8) is 0 Å². The molecule has 0 saturated heterocycles. The monoisotopic (exact) mass is 296 g/mol. The summed E-state index contributed by atoms with van der Waals surface area (Å²) in [5, 5.41) is 10.3. The minimum absolute atomic E-state index is 0.116. The highest BCUT2D eigenvalue weighted by Crippen LogP contribution is 2.34. The topological polar surface area (TPSA) is 36.4 Å². The van der Waals surface area contributed by atoms with Crippen LogP contribution in [0.4, 0.5) is 0 Å². The Kier molecular flexibility index (Phi) is 5.58. The SMILES string of the molecule is Cc1ncsc1CN(C)CC1CC(C(C)C)CCC1O. The van der Waals surface area contributed by atoms with Gasteiger partial charge in [0.15, 0.2) is 0 Å². The van der Waals surface area contributed by atoms with Crippen molar-refractivity contribution in [2.24, 2.45) is 17.8 Å². The maximum atomic E-state index is 10.3. The van der Waals surface area contributed by atoms with Crippen LogP contribution in [0.5, 0.6) is 0 Å². The number of rotatable bonds is 5. The molecule has 0 spiro atoms. The minimum atomic E-state index is -0.116. The zero-order chi connectivity index (χ0) is 14.7. The fraction of sp³-hybridized carbons (Fsp3) is 0.812. The summed E-state index contributed by atoms with van der Waals surface area (Å²) in [5.41, 5.74) is 3.06. The summed E-state index contributed by atoms with van der Waals surface area (Å²) in [6, 6.07) is 0. The van der Waals surface area contributed by atoms with Gasteiger partial charge in [-0.05, 0) is 51.0 Å². The molecule has 1 aromatic rings. The lowest BCUT2D eigenvalue weighted by Crippen LogP contribution is -2.38. The highest BCUT2D eigenvalue weighted by molar-refractivity contribution is 7.09. The highest BCUT2D eigenvalue weighted by atomic mass is 32.1. The van der Waals surface area contributed by atoms with E-state index in [4.69, 9.17) is 0 Å². The fourth-order valence-corrected chi connectivity index (χ4v) is 4.13. The van der Waals surface area contributed by atoms with Crippen LogP contribution in [-0.2, 0) is 6.54 Å². The first kappa shape index (κ1) is 15.9. The third kappa shape index (κ3) is 4.03. The van der Waals surface area contributed by atoms with Gasteiger partial charge in [-0.1, -0.05) is 13.8 Å². The summed E-state index contributed by atoms with van der Waals surface area (Å²) in [6.07, 6.45) is 3.22. The van der Waals surface area contributed by atoms with Crippen LogP contribution in [0.2, 0.25) is 0 Å². The van der Waals surface area contributed by atoms with Crippen molar-refractivity contribution in [3.8, 4) is 0 Å². The van der Waals surface area contributed by atoms with Gasteiger partial charge < -0.3 is 10.0 Å². The Morgan fingerprint density at radius 2 is 2.20 bits per heavy atom. The van der Waals surface area contributed by atoms with Gasteiger partial charge in [0.25, 0.3) is 0 Å². The molecule has 1 N–H and O–H groups in total. The number of hydrogen-bond donors (Lipinski definition) is 1. The molecule has 2 rings (SSSR count). The van der Waals surface area contributed by atoms with Crippen molar-refractivity contribution in [2.75, 3.05) is 13.6 Å². The minimum Gasteiger partial charge on any atom is -0.393 e. The normalized spacial score (nSPS) is 27.4. The average Bonchev–Trinajstić information content (AvgIpc) is 2.77. The van der Waals surface area contributed by atoms with Crippen LogP contribution in [0.1, 0.15) is 43.7 Å². The number of aromatic nitrogens is 1. The number of aryl methyl sites for hydroxylation is 1. The first-order chi connectivity index (χ1) is 9.47.